The lowest BCUT2D eigenvalue weighted by Gasteiger charge is -2.29. The molecular formula is C28H34N4O4. The highest BCUT2D eigenvalue weighted by Crippen LogP contribution is 2.42. The Hall–Kier alpha value is -3.94. The summed E-state index contributed by atoms with van der Waals surface area (Å²) in [6, 6.07) is 5.42. The van der Waals surface area contributed by atoms with Crippen LogP contribution in [-0.2, 0) is 14.4 Å². The normalized spacial score (nSPS) is 18.2. The molecule has 0 saturated carbocycles. The van der Waals surface area contributed by atoms with Crippen LogP contribution < -0.4 is 10.2 Å². The fraction of sp³-hybridized carbons (Fsp3) is 0.357. The minimum atomic E-state index is -0.399. The Morgan fingerprint density at radius 3 is 2.11 bits per heavy atom. The molecule has 1 aromatic rings. The van der Waals surface area contributed by atoms with Gasteiger partial charge in [-0.15, -0.1) is 0 Å². The number of carbonyl (C=O) groups is 3. The van der Waals surface area contributed by atoms with E-state index in [1.807, 2.05) is 45.9 Å². The average molecular weight is 491 g/mol. The number of Topliss-reactive ketones (excluding diaryl/α,β-unsaturated/α-hetero) is 1. The number of nitrogens with zero attached hydrogens (tertiary/aromatic N) is 3. The molecule has 0 bridgehead atoms. The lowest BCUT2D eigenvalue weighted by Crippen LogP contribution is -2.28. The van der Waals surface area contributed by atoms with Gasteiger partial charge in [0.05, 0.1) is 22.5 Å². The van der Waals surface area contributed by atoms with E-state index in [0.717, 1.165) is 37.6 Å². The summed E-state index contributed by atoms with van der Waals surface area (Å²) in [5.41, 5.74) is 3.63. The molecule has 8 heteroatoms. The Labute approximate surface area is 212 Å². The van der Waals surface area contributed by atoms with Crippen LogP contribution in [0, 0.1) is 0 Å². The zero-order valence-corrected chi connectivity index (χ0v) is 21.8. The number of hydrogen-bond acceptors (Lipinski definition) is 6. The maximum absolute atomic E-state index is 13.4. The Morgan fingerprint density at radius 1 is 0.944 bits per heavy atom. The molecule has 2 aliphatic carbocycles. The number of amides is 2. The second-order valence-electron chi connectivity index (χ2n) is 8.52. The van der Waals surface area contributed by atoms with Crippen molar-refractivity contribution in [2.75, 3.05) is 36.4 Å². The van der Waals surface area contributed by atoms with E-state index in [9.17, 15) is 19.5 Å². The number of carbonyl (C=O) groups excluding carboxylic acids is 3. The second-order valence-corrected chi connectivity index (χ2v) is 8.52. The lowest BCUT2D eigenvalue weighted by molar-refractivity contribution is -0.116. The molecule has 2 N–H and O–H groups in total. The molecule has 8 nitrogen and oxygen atoms in total. The van der Waals surface area contributed by atoms with Crippen LogP contribution in [0.5, 0.6) is 0 Å². The minimum Gasteiger partial charge on any atom is -0.506 e. The zero-order valence-electron chi connectivity index (χ0n) is 21.8. The Morgan fingerprint density at radius 2 is 1.58 bits per heavy atom. The molecule has 0 saturated heterocycles. The first-order valence-electron chi connectivity index (χ1n) is 12.3. The van der Waals surface area contributed by atoms with Gasteiger partial charge < -0.3 is 20.2 Å². The molecule has 2 aliphatic rings. The van der Waals surface area contributed by atoms with Crippen LogP contribution >= 0.6 is 0 Å². The van der Waals surface area contributed by atoms with Gasteiger partial charge in [0.2, 0.25) is 17.6 Å². The third-order valence-electron chi connectivity index (χ3n) is 6.30. The van der Waals surface area contributed by atoms with Gasteiger partial charge >= 0.3 is 0 Å². The van der Waals surface area contributed by atoms with Crippen molar-refractivity contribution in [3.8, 4) is 0 Å². The van der Waals surface area contributed by atoms with Gasteiger partial charge in [-0.05, 0) is 64.1 Å². The van der Waals surface area contributed by atoms with Crippen molar-refractivity contribution in [1.82, 2.24) is 4.90 Å². The van der Waals surface area contributed by atoms with Crippen LogP contribution in [0.1, 0.15) is 47.1 Å². The number of benzene rings is 1. The zero-order chi connectivity index (χ0) is 26.6. The number of ketones is 1. The molecule has 0 radical (unpaired) electrons. The molecule has 0 spiro atoms. The van der Waals surface area contributed by atoms with Gasteiger partial charge in [0.25, 0.3) is 0 Å². The van der Waals surface area contributed by atoms with Crippen molar-refractivity contribution < 1.29 is 19.5 Å². The van der Waals surface area contributed by atoms with Gasteiger partial charge in [-0.25, -0.2) is 4.99 Å². The molecule has 0 heterocycles. The highest BCUT2D eigenvalue weighted by molar-refractivity contribution is 6.42. The summed E-state index contributed by atoms with van der Waals surface area (Å²) in [6.45, 7) is 14.0. The second kappa shape index (κ2) is 11.2. The van der Waals surface area contributed by atoms with E-state index in [4.69, 9.17) is 0 Å². The first-order valence-corrected chi connectivity index (χ1v) is 12.3. The topological polar surface area (TPSA) is 102 Å². The Bertz CT molecular complexity index is 1240. The van der Waals surface area contributed by atoms with E-state index >= 15 is 0 Å². The van der Waals surface area contributed by atoms with Gasteiger partial charge in [0.15, 0.2) is 0 Å². The number of aliphatic imine (C=N–C) groups is 1. The summed E-state index contributed by atoms with van der Waals surface area (Å²) >= 11 is 0. The van der Waals surface area contributed by atoms with E-state index in [1.165, 1.54) is 13.8 Å². The summed E-state index contributed by atoms with van der Waals surface area (Å²) in [5.74, 6) is -1.23. The number of aliphatic hydroxyl groups excluding tert-OH is 1. The molecule has 0 aromatic heterocycles. The van der Waals surface area contributed by atoms with E-state index < -0.39 is 5.91 Å². The average Bonchev–Trinajstić information content (AvgIpc) is 2.83. The molecule has 3 rings (SSSR count). The first-order chi connectivity index (χ1) is 17.2. The predicted molar refractivity (Wildman–Crippen MR) is 144 cm³/mol. The van der Waals surface area contributed by atoms with Crippen LogP contribution in [0.4, 0.5) is 11.4 Å². The van der Waals surface area contributed by atoms with Crippen molar-refractivity contribution in [2.24, 2.45) is 4.99 Å². The number of nitrogens with one attached hydrogen (secondary N) is 1. The van der Waals surface area contributed by atoms with Crippen molar-refractivity contribution in [3.63, 3.8) is 0 Å². The number of hydrogen-bond donors (Lipinski definition) is 2. The predicted octanol–water partition coefficient (Wildman–Crippen LogP) is 4.42. The maximum atomic E-state index is 13.4. The fourth-order valence-corrected chi connectivity index (χ4v) is 4.51. The molecular weight excluding hydrogens is 456 g/mol. The molecule has 0 fully saturated rings. The SMILES string of the molecule is CCN(CC)C1=CC(=NC(C)=O)C(=C2C(=O)C(c3ccc(N(CC)CC)cc3NC(C)=O)=C2O)C=C1. The molecule has 0 unspecified atom stereocenters. The molecule has 0 atom stereocenters. The molecule has 0 aliphatic heterocycles. The summed E-state index contributed by atoms with van der Waals surface area (Å²) in [5, 5.41) is 13.9. The smallest absolute Gasteiger partial charge is 0.243 e. The Kier molecular flexibility index (Phi) is 8.29. The van der Waals surface area contributed by atoms with Crippen LogP contribution in [-0.4, -0.2) is 59.5 Å². The molecule has 1 aromatic carbocycles. The highest BCUT2D eigenvalue weighted by Gasteiger charge is 2.39. The van der Waals surface area contributed by atoms with Crippen molar-refractivity contribution in [2.45, 2.75) is 41.5 Å². The van der Waals surface area contributed by atoms with Gasteiger partial charge in [0, 0.05) is 62.5 Å². The largest absolute Gasteiger partial charge is 0.506 e. The van der Waals surface area contributed by atoms with Crippen molar-refractivity contribution in [3.05, 3.63) is 64.6 Å². The standard InChI is InChI=1S/C28H34N4O4/c1-7-31(8-2)19-11-13-21(23(15-19)29-17(5)33)25-27(35)26(28(25)36)22-14-12-20(32(9-3)10-4)16-24(22)30-18(6)34/h11-16,35H,7-10H2,1-6H3,(H,29,33). The van der Waals surface area contributed by atoms with Crippen molar-refractivity contribution >= 4 is 40.3 Å². The van der Waals surface area contributed by atoms with Crippen LogP contribution in [0.2, 0.25) is 0 Å². The number of rotatable bonds is 8. The third kappa shape index (κ3) is 5.17. The number of likely N-dealkylation sites (N-methyl/N-ethyl adjacent to an activating group) is 1. The monoisotopic (exact) mass is 490 g/mol. The van der Waals surface area contributed by atoms with Crippen molar-refractivity contribution in [1.29, 1.82) is 0 Å². The third-order valence-corrected chi connectivity index (χ3v) is 6.30. The van der Waals surface area contributed by atoms with E-state index in [2.05, 4.69) is 20.1 Å². The van der Waals surface area contributed by atoms with Gasteiger partial charge in [-0.3, -0.25) is 14.4 Å². The van der Waals surface area contributed by atoms with Gasteiger partial charge in [-0.1, -0.05) is 0 Å². The van der Waals surface area contributed by atoms with Gasteiger partial charge in [-0.2, -0.15) is 0 Å². The first kappa shape index (κ1) is 26.7. The van der Waals surface area contributed by atoms with E-state index in [1.54, 1.807) is 18.2 Å². The summed E-state index contributed by atoms with van der Waals surface area (Å²) in [4.78, 5) is 45.5. The van der Waals surface area contributed by atoms with Crippen LogP contribution in [0.25, 0.3) is 5.57 Å². The minimum absolute atomic E-state index is 0.109. The summed E-state index contributed by atoms with van der Waals surface area (Å²) in [6.07, 6.45) is 5.33. The van der Waals surface area contributed by atoms with Crippen LogP contribution in [0.3, 0.4) is 0 Å². The quantitative estimate of drug-likeness (QED) is 0.523. The Balaban J connectivity index is 2.13. The van der Waals surface area contributed by atoms with E-state index in [0.29, 0.717) is 22.5 Å². The summed E-state index contributed by atoms with van der Waals surface area (Å²) in [7, 11) is 0. The number of allylic oxidation sites excluding steroid dienone is 6. The highest BCUT2D eigenvalue weighted by atomic mass is 16.3. The maximum Gasteiger partial charge on any atom is 0.243 e. The lowest BCUT2D eigenvalue weighted by atomic mass is 9.78. The van der Waals surface area contributed by atoms with Gasteiger partial charge in [0.1, 0.15) is 5.76 Å². The van der Waals surface area contributed by atoms with E-state index in [-0.39, 0.29) is 28.6 Å². The number of anilines is 2. The number of aliphatic hydroxyl groups is 1. The van der Waals surface area contributed by atoms with Crippen LogP contribution in [0.15, 0.2) is 64.0 Å². The molecule has 2 amide bonds. The molecule has 190 valence electrons. The molecule has 36 heavy (non-hydrogen) atoms. The fourth-order valence-electron chi connectivity index (χ4n) is 4.51. The summed E-state index contributed by atoms with van der Waals surface area (Å²) < 4.78 is 0.